The number of hydrogen-bond donors (Lipinski definition) is 3. The molecule has 0 unspecified atom stereocenters. The third-order valence-electron chi connectivity index (χ3n) is 2.33. The van der Waals surface area contributed by atoms with Gasteiger partial charge in [-0.15, -0.1) is 0 Å². The van der Waals surface area contributed by atoms with Gasteiger partial charge in [0.2, 0.25) is 0 Å². The fraction of sp³-hybridized carbons (Fsp3) is 1.00. The predicted octanol–water partition coefficient (Wildman–Crippen LogP) is 2.61. The third kappa shape index (κ3) is 8.75. The zero-order valence-corrected chi connectivity index (χ0v) is 16.7. The molecule has 0 amide bonds. The van der Waals surface area contributed by atoms with Crippen molar-refractivity contribution in [3.05, 3.63) is 0 Å². The first-order chi connectivity index (χ1) is 8.39. The van der Waals surface area contributed by atoms with Crippen LogP contribution < -0.4 is 9.91 Å². The molecule has 0 aliphatic heterocycles. The van der Waals surface area contributed by atoms with Gasteiger partial charge in [-0.1, -0.05) is 0 Å². The first kappa shape index (κ1) is 18.7. The summed E-state index contributed by atoms with van der Waals surface area (Å²) in [5.41, 5.74) is -0.107. The van der Waals surface area contributed by atoms with Gasteiger partial charge in [-0.2, -0.15) is 0 Å². The molecule has 3 N–H and O–H groups in total. The second-order valence-electron chi connectivity index (χ2n) is 5.68. The molecule has 4 nitrogen and oxygen atoms in total. The minimum atomic E-state index is -3.22. The van der Waals surface area contributed by atoms with Crippen molar-refractivity contribution in [1.29, 1.82) is 0 Å². The summed E-state index contributed by atoms with van der Waals surface area (Å²) in [6.07, 6.45) is 3.41. The second-order valence-corrected chi connectivity index (χ2v) is 15.1. The topological polar surface area (TPSA) is 45.3 Å². The first-order valence-corrected chi connectivity index (χ1v) is 14.2. The van der Waals surface area contributed by atoms with E-state index in [0.717, 1.165) is 38.9 Å². The Morgan fingerprint density at radius 1 is 0.778 bits per heavy atom. The van der Waals surface area contributed by atoms with Crippen LogP contribution in [-0.4, -0.2) is 25.2 Å². The van der Waals surface area contributed by atoms with E-state index in [-0.39, 0.29) is 5.60 Å². The van der Waals surface area contributed by atoms with Gasteiger partial charge in [-0.25, -0.2) is 0 Å². The fourth-order valence-corrected chi connectivity index (χ4v) is 13.6. The zero-order valence-electron chi connectivity index (χ0n) is 13.2. The van der Waals surface area contributed by atoms with Crippen molar-refractivity contribution in [2.75, 3.05) is 19.6 Å². The molecular weight excluding hydrogens is 393 g/mol. The number of nitrogens with one attached hydrogen (secondary N) is 3. The van der Waals surface area contributed by atoms with Crippen LogP contribution in [0.1, 0.15) is 60.8 Å². The van der Waals surface area contributed by atoms with Gasteiger partial charge < -0.3 is 0 Å². The fourth-order valence-electron chi connectivity index (χ4n) is 1.66. The van der Waals surface area contributed by atoms with Crippen LogP contribution in [0, 0.1) is 0 Å². The molecule has 0 aromatic carbocycles. The van der Waals surface area contributed by atoms with Crippen molar-refractivity contribution < 1.29 is 24.1 Å². The van der Waals surface area contributed by atoms with E-state index in [9.17, 15) is 0 Å². The Kier molecular flexibility index (Phi) is 9.97. The summed E-state index contributed by atoms with van der Waals surface area (Å²) in [4.78, 5) is 0. The maximum absolute atomic E-state index is 6.42. The Balaban J connectivity index is 4.73. The van der Waals surface area contributed by atoms with Crippen LogP contribution in [0.5, 0.6) is 0 Å². The second kappa shape index (κ2) is 9.59. The van der Waals surface area contributed by atoms with Gasteiger partial charge in [0, 0.05) is 0 Å². The molecule has 0 aliphatic carbocycles. The summed E-state index contributed by atoms with van der Waals surface area (Å²) in [7, 11) is 0. The van der Waals surface area contributed by atoms with Crippen molar-refractivity contribution in [3.63, 3.8) is 0 Å². The van der Waals surface area contributed by atoms with Crippen LogP contribution in [-0.2, 0) is 24.1 Å². The molecule has 18 heavy (non-hydrogen) atoms. The summed E-state index contributed by atoms with van der Waals surface area (Å²) >= 11 is -3.22. The summed E-state index contributed by atoms with van der Waals surface area (Å²) in [6, 6.07) is 0. The Hall–Kier alpha value is 0.710. The molecule has 0 saturated heterocycles. The van der Waals surface area contributed by atoms with Crippen molar-refractivity contribution >= 4 is 0 Å². The Morgan fingerprint density at radius 2 is 1.11 bits per heavy atom. The molecule has 0 fully saturated rings. The molecule has 0 spiro atoms. The van der Waals surface area contributed by atoms with Crippen molar-refractivity contribution in [3.8, 4) is 0 Å². The van der Waals surface area contributed by atoms with Gasteiger partial charge >= 0.3 is 120 Å². The van der Waals surface area contributed by atoms with Crippen molar-refractivity contribution in [1.82, 2.24) is 9.91 Å². The molecular formula is C13H33HfN3O. The molecule has 0 heterocycles. The van der Waals surface area contributed by atoms with Crippen molar-refractivity contribution in [2.45, 2.75) is 66.4 Å². The van der Waals surface area contributed by atoms with Gasteiger partial charge in [0.15, 0.2) is 0 Å². The quantitative estimate of drug-likeness (QED) is 0.471. The van der Waals surface area contributed by atoms with Crippen LogP contribution in [0.4, 0.5) is 0 Å². The molecule has 0 radical (unpaired) electrons. The van der Waals surface area contributed by atoms with E-state index in [0.29, 0.717) is 0 Å². The van der Waals surface area contributed by atoms with Crippen LogP contribution in [0.15, 0.2) is 0 Å². The molecule has 0 saturated carbocycles. The Morgan fingerprint density at radius 3 is 1.33 bits per heavy atom. The average molecular weight is 426 g/mol. The molecule has 0 bridgehead atoms. The average Bonchev–Trinajstić information content (AvgIpc) is 2.29. The normalized spacial score (nSPS) is 13.0. The number of rotatable bonds is 10. The molecule has 110 valence electrons. The summed E-state index contributed by atoms with van der Waals surface area (Å²) < 4.78 is 17.5. The summed E-state index contributed by atoms with van der Waals surface area (Å²) in [5, 5.41) is 0. The van der Waals surface area contributed by atoms with Crippen LogP contribution >= 0.6 is 0 Å². The number of hydrogen-bond acceptors (Lipinski definition) is 4. The van der Waals surface area contributed by atoms with Gasteiger partial charge in [-0.05, 0) is 0 Å². The zero-order chi connectivity index (χ0) is 14.1. The minimum absolute atomic E-state index is 0.107. The Bertz CT molecular complexity index is 185. The summed E-state index contributed by atoms with van der Waals surface area (Å²) in [5.74, 6) is 0. The standard InChI is InChI=1S/C4H9O.3C3H8N.Hf/c1-4(2,3)5;3*1-2-3-4;/h1-3H3;3*4H,2-3H2,1H3;/q4*-1;+4. The molecule has 5 heteroatoms. The molecule has 0 aliphatic rings. The SMILES string of the molecule is CCC[NH][Hf]([NH]CCC)([NH]CCC)[O]C(C)(C)C. The predicted molar refractivity (Wildman–Crippen MR) is 75.7 cm³/mol. The van der Waals surface area contributed by atoms with Crippen LogP contribution in [0.3, 0.4) is 0 Å². The molecule has 0 atom stereocenters. The molecule has 0 aromatic heterocycles. The third-order valence-corrected chi connectivity index (χ3v) is 13.7. The van der Waals surface area contributed by atoms with E-state index >= 15 is 0 Å². The van der Waals surface area contributed by atoms with E-state index in [1.807, 2.05) is 0 Å². The van der Waals surface area contributed by atoms with Crippen LogP contribution in [0.2, 0.25) is 0 Å². The van der Waals surface area contributed by atoms with Gasteiger partial charge in [-0.3, -0.25) is 0 Å². The summed E-state index contributed by atoms with van der Waals surface area (Å²) in [6.45, 7) is 16.1. The van der Waals surface area contributed by atoms with Gasteiger partial charge in [0.05, 0.1) is 0 Å². The van der Waals surface area contributed by atoms with E-state index in [2.05, 4.69) is 51.5 Å². The van der Waals surface area contributed by atoms with E-state index in [1.165, 1.54) is 0 Å². The van der Waals surface area contributed by atoms with Gasteiger partial charge in [0.1, 0.15) is 0 Å². The van der Waals surface area contributed by atoms with Crippen molar-refractivity contribution in [2.24, 2.45) is 0 Å². The first-order valence-electron chi connectivity index (χ1n) is 7.34. The van der Waals surface area contributed by atoms with Crippen LogP contribution in [0.25, 0.3) is 0 Å². The Labute approximate surface area is 120 Å². The monoisotopic (exact) mass is 427 g/mol. The van der Waals surface area contributed by atoms with E-state index in [1.54, 1.807) is 0 Å². The van der Waals surface area contributed by atoms with E-state index < -0.39 is 21.3 Å². The maximum atomic E-state index is 6.42. The van der Waals surface area contributed by atoms with E-state index in [4.69, 9.17) is 2.85 Å². The van der Waals surface area contributed by atoms with Gasteiger partial charge in [0.25, 0.3) is 0 Å². The molecule has 0 aromatic rings. The molecule has 0 rings (SSSR count).